The summed E-state index contributed by atoms with van der Waals surface area (Å²) in [6.45, 7) is 2.20. The molecule has 4 aliphatic rings. The minimum Gasteiger partial charge on any atom is -0.483 e. The zero-order valence-electron chi connectivity index (χ0n) is 20.5. The molecular formula is C27H29BrN2O5S. The molecule has 1 spiro atoms. The van der Waals surface area contributed by atoms with Gasteiger partial charge in [-0.2, -0.15) is 0 Å². The van der Waals surface area contributed by atoms with Gasteiger partial charge in [0.25, 0.3) is 0 Å². The van der Waals surface area contributed by atoms with Crippen molar-refractivity contribution in [3.8, 4) is 11.5 Å². The molecular weight excluding hydrogens is 544 g/mol. The number of hydrogen-bond acceptors (Lipinski definition) is 7. The fraction of sp³-hybridized carbons (Fsp3) is 0.481. The van der Waals surface area contributed by atoms with E-state index in [2.05, 4.69) is 27.9 Å². The number of carbonyl (C=O) groups is 2. The van der Waals surface area contributed by atoms with E-state index in [1.54, 1.807) is 28.4 Å². The molecule has 2 bridgehead atoms. The van der Waals surface area contributed by atoms with Gasteiger partial charge >= 0.3 is 5.97 Å². The van der Waals surface area contributed by atoms with Crippen molar-refractivity contribution in [3.63, 3.8) is 0 Å². The second-order valence-corrected chi connectivity index (χ2v) is 12.3. The molecule has 9 heteroatoms. The lowest BCUT2D eigenvalue weighted by Gasteiger charge is -2.64. The summed E-state index contributed by atoms with van der Waals surface area (Å²) in [6, 6.07) is 5.52. The smallest absolute Gasteiger partial charge is 0.308 e. The average molecular weight is 574 g/mol. The van der Waals surface area contributed by atoms with Crippen LogP contribution >= 0.6 is 27.3 Å². The van der Waals surface area contributed by atoms with E-state index < -0.39 is 23.1 Å². The molecule has 2 aliphatic heterocycles. The third-order valence-electron chi connectivity index (χ3n) is 8.76. The number of halogens is 1. The number of likely N-dealkylation sites (tertiary alicyclic amines) is 1. The van der Waals surface area contributed by atoms with E-state index in [-0.39, 0.29) is 18.0 Å². The number of carbonyl (C=O) groups excluding carboxylic acids is 2. The highest BCUT2D eigenvalue weighted by Crippen LogP contribution is 2.65. The first-order valence-electron chi connectivity index (χ1n) is 12.3. The van der Waals surface area contributed by atoms with Crippen LogP contribution in [-0.4, -0.2) is 71.2 Å². The minimum absolute atomic E-state index is 0.0329. The van der Waals surface area contributed by atoms with Crippen molar-refractivity contribution in [1.29, 1.82) is 0 Å². The first kappa shape index (κ1) is 24.2. The molecule has 3 heterocycles. The van der Waals surface area contributed by atoms with E-state index in [4.69, 9.17) is 9.47 Å². The molecule has 1 saturated heterocycles. The highest BCUT2D eigenvalue weighted by molar-refractivity contribution is 9.10. The van der Waals surface area contributed by atoms with Crippen molar-refractivity contribution in [2.75, 3.05) is 20.6 Å². The minimum atomic E-state index is -0.989. The van der Waals surface area contributed by atoms with Crippen LogP contribution in [0, 0.1) is 0 Å². The summed E-state index contributed by atoms with van der Waals surface area (Å²) in [7, 11) is 3.90. The van der Waals surface area contributed by atoms with Crippen LogP contribution in [0.4, 0.5) is 0 Å². The third kappa shape index (κ3) is 3.29. The van der Waals surface area contributed by atoms with Gasteiger partial charge in [-0.15, -0.1) is 11.3 Å². The van der Waals surface area contributed by atoms with Crippen molar-refractivity contribution < 1.29 is 24.2 Å². The standard InChI is InChI=1S/C27H29BrN2O5S/c1-15(31)34-20-6-4-16-12-21-27(33)9-8-19(30(3)22(32)7-5-18-13-17(28)14-36-18)25-26(27,10-11-29(21)2)23(16)24(20)35-25/h4-7,13-14,19,21,25,33H,8-12H2,1-3H3/b7-5+/t19-,21+,25-,26-,27+/m0/s1. The number of amides is 1. The monoisotopic (exact) mass is 572 g/mol. The molecule has 1 aromatic carbocycles. The van der Waals surface area contributed by atoms with Gasteiger partial charge in [0.05, 0.1) is 17.1 Å². The lowest BCUT2D eigenvalue weighted by molar-refractivity contribution is -0.195. The van der Waals surface area contributed by atoms with Crippen LogP contribution in [0.3, 0.4) is 0 Å². The lowest BCUT2D eigenvalue weighted by Crippen LogP contribution is -2.77. The van der Waals surface area contributed by atoms with E-state index in [0.717, 1.165) is 27.0 Å². The van der Waals surface area contributed by atoms with Gasteiger partial charge in [-0.05, 0) is 79.0 Å². The van der Waals surface area contributed by atoms with E-state index in [1.807, 2.05) is 30.6 Å². The first-order valence-corrected chi connectivity index (χ1v) is 14.0. The number of nitrogens with zero attached hydrogens (tertiary/aromatic N) is 2. The fourth-order valence-corrected chi connectivity index (χ4v) is 8.54. The normalized spacial score (nSPS) is 32.2. The van der Waals surface area contributed by atoms with Crippen LogP contribution in [0.25, 0.3) is 6.08 Å². The zero-order chi connectivity index (χ0) is 25.4. The largest absolute Gasteiger partial charge is 0.483 e. The maximum absolute atomic E-state index is 13.3. The highest BCUT2D eigenvalue weighted by atomic mass is 79.9. The number of ether oxygens (including phenoxy) is 2. The Morgan fingerprint density at radius 2 is 2.17 bits per heavy atom. The number of benzene rings is 1. The summed E-state index contributed by atoms with van der Waals surface area (Å²) < 4.78 is 13.2. The van der Waals surface area contributed by atoms with E-state index >= 15 is 0 Å². The molecule has 190 valence electrons. The Morgan fingerprint density at radius 1 is 1.36 bits per heavy atom. The van der Waals surface area contributed by atoms with Gasteiger partial charge in [0.2, 0.25) is 5.91 Å². The highest BCUT2D eigenvalue weighted by Gasteiger charge is 2.73. The molecule has 1 aromatic heterocycles. The summed E-state index contributed by atoms with van der Waals surface area (Å²) >= 11 is 5.02. The fourth-order valence-electron chi connectivity index (χ4n) is 7.20. The van der Waals surface area contributed by atoms with Gasteiger partial charge in [-0.25, -0.2) is 0 Å². The van der Waals surface area contributed by atoms with E-state index in [1.165, 1.54) is 6.92 Å². The predicted octanol–water partition coefficient (Wildman–Crippen LogP) is 3.76. The SMILES string of the molecule is CC(=O)Oc1ccc2c3c1O[C@H]1[C@@H](N(C)C(=O)/C=C/c4cc(Br)cs4)CC[C@@]4(O)[C@@H](C2)N(C)CC[C@]314. The zero-order valence-corrected chi connectivity index (χ0v) is 22.9. The van der Waals surface area contributed by atoms with Crippen LogP contribution in [-0.2, 0) is 21.4 Å². The number of likely N-dealkylation sites (N-methyl/N-ethyl adjacent to an activating group) is 2. The maximum Gasteiger partial charge on any atom is 0.308 e. The van der Waals surface area contributed by atoms with Crippen molar-refractivity contribution >= 4 is 45.2 Å². The molecule has 1 saturated carbocycles. The second kappa shape index (κ2) is 8.41. The van der Waals surface area contributed by atoms with Gasteiger partial charge in [-0.3, -0.25) is 9.59 Å². The number of thiophene rings is 1. The summed E-state index contributed by atoms with van der Waals surface area (Å²) in [4.78, 5) is 30.2. The lowest BCUT2D eigenvalue weighted by atomic mass is 9.48. The van der Waals surface area contributed by atoms with E-state index in [0.29, 0.717) is 37.2 Å². The maximum atomic E-state index is 13.3. The molecule has 2 aromatic rings. The molecule has 1 N–H and O–H groups in total. The summed E-state index contributed by atoms with van der Waals surface area (Å²) in [5, 5.41) is 14.4. The van der Waals surface area contributed by atoms with Crippen LogP contribution in [0.5, 0.6) is 11.5 Å². The molecule has 1 amide bonds. The van der Waals surface area contributed by atoms with Gasteiger partial charge in [-0.1, -0.05) is 6.07 Å². The van der Waals surface area contributed by atoms with Crippen molar-refractivity contribution in [2.45, 2.75) is 61.8 Å². The Bertz CT molecular complexity index is 1290. The Kier molecular flexibility index (Phi) is 5.64. The molecule has 2 aliphatic carbocycles. The molecule has 0 unspecified atom stereocenters. The Labute approximate surface area is 222 Å². The summed E-state index contributed by atoms with van der Waals surface area (Å²) in [5.41, 5.74) is 0.449. The molecule has 5 atom stereocenters. The number of piperidine rings is 1. The molecule has 6 rings (SSSR count). The molecule has 2 fully saturated rings. The van der Waals surface area contributed by atoms with Crippen LogP contribution in [0.2, 0.25) is 0 Å². The molecule has 7 nitrogen and oxygen atoms in total. The van der Waals surface area contributed by atoms with E-state index in [9.17, 15) is 14.7 Å². The topological polar surface area (TPSA) is 79.3 Å². The van der Waals surface area contributed by atoms with Crippen LogP contribution in [0.1, 0.15) is 42.2 Å². The predicted molar refractivity (Wildman–Crippen MR) is 140 cm³/mol. The van der Waals surface area contributed by atoms with Gasteiger partial charge < -0.3 is 24.4 Å². The number of rotatable bonds is 4. The van der Waals surface area contributed by atoms with Crippen molar-refractivity contribution in [3.05, 3.63) is 50.1 Å². The Hall–Kier alpha value is -2.20. The third-order valence-corrected chi connectivity index (χ3v) is 10.4. The first-order chi connectivity index (χ1) is 17.2. The summed E-state index contributed by atoms with van der Waals surface area (Å²) in [6.07, 6.45) is 5.62. The quantitative estimate of drug-likeness (QED) is 0.341. The second-order valence-electron chi connectivity index (χ2n) is 10.5. The average Bonchev–Trinajstić information content (AvgIpc) is 3.41. The Balaban J connectivity index is 1.41. The number of hydrogen-bond donors (Lipinski definition) is 1. The number of esters is 1. The van der Waals surface area contributed by atoms with Gasteiger partial charge in [0.15, 0.2) is 11.5 Å². The van der Waals surface area contributed by atoms with Crippen molar-refractivity contribution in [1.82, 2.24) is 9.80 Å². The van der Waals surface area contributed by atoms with Crippen LogP contribution in [0.15, 0.2) is 34.1 Å². The summed E-state index contributed by atoms with van der Waals surface area (Å²) in [5.74, 6) is 0.428. The van der Waals surface area contributed by atoms with Gasteiger partial charge in [0, 0.05) is 46.4 Å². The Morgan fingerprint density at radius 3 is 2.89 bits per heavy atom. The van der Waals surface area contributed by atoms with Crippen LogP contribution < -0.4 is 9.47 Å². The van der Waals surface area contributed by atoms with Gasteiger partial charge in [0.1, 0.15) is 6.10 Å². The van der Waals surface area contributed by atoms with Crippen molar-refractivity contribution in [2.24, 2.45) is 0 Å². The molecule has 36 heavy (non-hydrogen) atoms. The molecule has 0 radical (unpaired) electrons. The number of aliphatic hydroxyl groups is 1.